The summed E-state index contributed by atoms with van der Waals surface area (Å²) in [6.07, 6.45) is 2.24. The summed E-state index contributed by atoms with van der Waals surface area (Å²) in [5, 5.41) is 11.4. The number of likely N-dealkylation sites (tertiary alicyclic amines) is 1. The molecule has 1 saturated heterocycles. The number of nitrogens with zero attached hydrogens (tertiary/aromatic N) is 1. The van der Waals surface area contributed by atoms with E-state index in [0.29, 0.717) is 34.8 Å². The maximum atomic E-state index is 13.3. The van der Waals surface area contributed by atoms with Gasteiger partial charge in [-0.25, -0.2) is 0 Å². The van der Waals surface area contributed by atoms with Gasteiger partial charge in [0.05, 0.1) is 38.6 Å². The number of carbonyl (C=O) groups excluding carboxylic acids is 2. The Labute approximate surface area is 202 Å². The van der Waals surface area contributed by atoms with Gasteiger partial charge in [0.1, 0.15) is 23.4 Å². The molecule has 0 radical (unpaired) electrons. The fourth-order valence-electron chi connectivity index (χ4n) is 4.71. The van der Waals surface area contributed by atoms with Crippen molar-refractivity contribution in [2.24, 2.45) is 0 Å². The lowest BCUT2D eigenvalue weighted by Crippen LogP contribution is -2.29. The molecule has 3 heterocycles. The number of carbonyl (C=O) groups is 2. The molecule has 0 aliphatic carbocycles. The van der Waals surface area contributed by atoms with Gasteiger partial charge in [0.2, 0.25) is 0 Å². The SMILES string of the molecule is COc1ccc([C@H]2C(=C(O)c3ccc4c(c3)C[C@@H](C)O4)C(=O)C(=O)N2Cc2ccco2)cc1OC. The van der Waals surface area contributed by atoms with Gasteiger partial charge in [0.15, 0.2) is 11.5 Å². The Hall–Kier alpha value is -4.20. The largest absolute Gasteiger partial charge is 0.507 e. The fraction of sp³-hybridized carbons (Fsp3) is 0.259. The van der Waals surface area contributed by atoms with Gasteiger partial charge in [-0.1, -0.05) is 6.07 Å². The molecule has 0 saturated carbocycles. The van der Waals surface area contributed by atoms with E-state index in [2.05, 4.69) is 0 Å². The maximum absolute atomic E-state index is 13.3. The van der Waals surface area contributed by atoms with E-state index >= 15 is 0 Å². The van der Waals surface area contributed by atoms with Crippen molar-refractivity contribution in [2.45, 2.75) is 32.0 Å². The third-order valence-corrected chi connectivity index (χ3v) is 6.34. The number of methoxy groups -OCH3 is 2. The number of hydrogen-bond donors (Lipinski definition) is 1. The van der Waals surface area contributed by atoms with Crippen molar-refractivity contribution in [3.8, 4) is 17.2 Å². The summed E-state index contributed by atoms with van der Waals surface area (Å²) in [6.45, 7) is 2.03. The van der Waals surface area contributed by atoms with Crippen LogP contribution in [0.15, 0.2) is 64.8 Å². The molecule has 0 bridgehead atoms. The number of benzene rings is 2. The lowest BCUT2D eigenvalue weighted by molar-refractivity contribution is -0.140. The standard InChI is InChI=1S/C27H25NO7/c1-15-11-18-12-17(7-8-20(18)35-15)25(29)23-24(16-6-9-21(32-2)22(13-16)33-3)28(27(31)26(23)30)14-19-5-4-10-34-19/h4-10,12-13,15,24,29H,11,14H2,1-3H3/t15-,24+/m1/s1. The lowest BCUT2D eigenvalue weighted by Gasteiger charge is -2.25. The number of rotatable bonds is 6. The summed E-state index contributed by atoms with van der Waals surface area (Å²) >= 11 is 0. The van der Waals surface area contributed by atoms with Crippen molar-refractivity contribution in [1.82, 2.24) is 4.90 Å². The second-order valence-electron chi connectivity index (χ2n) is 8.58. The van der Waals surface area contributed by atoms with Crippen molar-refractivity contribution in [3.05, 3.63) is 82.8 Å². The van der Waals surface area contributed by atoms with Gasteiger partial charge >= 0.3 is 0 Å². The van der Waals surface area contributed by atoms with Gasteiger partial charge in [-0.15, -0.1) is 0 Å². The van der Waals surface area contributed by atoms with Gasteiger partial charge in [0, 0.05) is 12.0 Å². The molecular formula is C27H25NO7. The van der Waals surface area contributed by atoms with E-state index in [-0.39, 0.29) is 24.0 Å². The molecule has 1 N–H and O–H groups in total. The van der Waals surface area contributed by atoms with E-state index in [1.54, 1.807) is 48.5 Å². The lowest BCUT2D eigenvalue weighted by atomic mass is 9.94. The van der Waals surface area contributed by atoms with Crippen molar-refractivity contribution < 1.29 is 33.3 Å². The zero-order valence-corrected chi connectivity index (χ0v) is 19.6. The summed E-state index contributed by atoms with van der Waals surface area (Å²) in [4.78, 5) is 27.9. The third-order valence-electron chi connectivity index (χ3n) is 6.34. The molecule has 0 spiro atoms. The number of hydrogen-bond acceptors (Lipinski definition) is 7. The number of ketones is 1. The molecule has 180 valence electrons. The molecular weight excluding hydrogens is 450 g/mol. The van der Waals surface area contributed by atoms with E-state index in [0.717, 1.165) is 11.3 Å². The highest BCUT2D eigenvalue weighted by atomic mass is 16.5. The fourth-order valence-corrected chi connectivity index (χ4v) is 4.71. The molecule has 2 aliphatic heterocycles. The highest BCUT2D eigenvalue weighted by Gasteiger charge is 2.46. The van der Waals surface area contributed by atoms with Crippen LogP contribution in [0.5, 0.6) is 17.2 Å². The Morgan fingerprint density at radius 2 is 1.89 bits per heavy atom. The predicted octanol–water partition coefficient (Wildman–Crippen LogP) is 4.24. The van der Waals surface area contributed by atoms with Crippen molar-refractivity contribution in [3.63, 3.8) is 0 Å². The Balaban J connectivity index is 1.65. The second kappa shape index (κ2) is 8.87. The Bertz CT molecular complexity index is 1330. The van der Waals surface area contributed by atoms with Gasteiger partial charge in [0.25, 0.3) is 11.7 Å². The first-order valence-corrected chi connectivity index (χ1v) is 11.2. The minimum atomic E-state index is -0.858. The molecule has 8 heteroatoms. The van der Waals surface area contributed by atoms with Gasteiger partial charge in [-0.05, 0) is 60.5 Å². The van der Waals surface area contributed by atoms with Crippen LogP contribution < -0.4 is 14.2 Å². The normalized spacial score (nSPS) is 20.6. The number of ether oxygens (including phenoxy) is 3. The van der Waals surface area contributed by atoms with Gasteiger partial charge in [-0.2, -0.15) is 0 Å². The third kappa shape index (κ3) is 3.90. The number of furan rings is 1. The average Bonchev–Trinajstić information content (AvgIpc) is 3.57. The maximum Gasteiger partial charge on any atom is 0.296 e. The monoisotopic (exact) mass is 475 g/mol. The number of aliphatic hydroxyl groups excluding tert-OH is 1. The van der Waals surface area contributed by atoms with Crippen LogP contribution in [0.4, 0.5) is 0 Å². The van der Waals surface area contributed by atoms with Crippen LogP contribution in [0.1, 0.15) is 35.4 Å². The van der Waals surface area contributed by atoms with Crippen LogP contribution in [-0.2, 0) is 22.6 Å². The van der Waals surface area contributed by atoms with Crippen LogP contribution in [0.3, 0.4) is 0 Å². The molecule has 1 amide bonds. The second-order valence-corrected chi connectivity index (χ2v) is 8.58. The highest BCUT2D eigenvalue weighted by Crippen LogP contribution is 2.43. The average molecular weight is 475 g/mol. The molecule has 1 aromatic heterocycles. The number of fused-ring (bicyclic) bond motifs is 1. The summed E-state index contributed by atoms with van der Waals surface area (Å²) in [7, 11) is 3.04. The minimum Gasteiger partial charge on any atom is -0.507 e. The topological polar surface area (TPSA) is 98.4 Å². The first-order chi connectivity index (χ1) is 16.9. The summed E-state index contributed by atoms with van der Waals surface area (Å²) in [5.74, 6) is 0.487. The number of aliphatic hydroxyl groups is 1. The Kier molecular flexibility index (Phi) is 5.72. The molecule has 1 fully saturated rings. The van der Waals surface area contributed by atoms with E-state index in [1.807, 2.05) is 6.92 Å². The molecule has 8 nitrogen and oxygen atoms in total. The molecule has 2 aromatic carbocycles. The minimum absolute atomic E-state index is 0.000639. The Morgan fingerprint density at radius 1 is 1.09 bits per heavy atom. The van der Waals surface area contributed by atoms with E-state index in [1.165, 1.54) is 25.4 Å². The van der Waals surface area contributed by atoms with E-state index in [4.69, 9.17) is 18.6 Å². The van der Waals surface area contributed by atoms with Crippen LogP contribution in [0.25, 0.3) is 5.76 Å². The number of amides is 1. The van der Waals surface area contributed by atoms with Crippen LogP contribution >= 0.6 is 0 Å². The van der Waals surface area contributed by atoms with Crippen molar-refractivity contribution in [2.75, 3.05) is 14.2 Å². The molecule has 2 aliphatic rings. The first-order valence-electron chi connectivity index (χ1n) is 11.2. The van der Waals surface area contributed by atoms with Crippen molar-refractivity contribution >= 4 is 17.4 Å². The zero-order chi connectivity index (χ0) is 24.7. The van der Waals surface area contributed by atoms with Crippen LogP contribution in [-0.4, -0.2) is 42.0 Å². The molecule has 2 atom stereocenters. The number of Topliss-reactive ketones (excluding diaryl/α,β-unsaturated/α-hetero) is 1. The first kappa shape index (κ1) is 22.6. The zero-order valence-electron chi connectivity index (χ0n) is 19.6. The Morgan fingerprint density at radius 3 is 2.60 bits per heavy atom. The van der Waals surface area contributed by atoms with E-state index < -0.39 is 17.7 Å². The van der Waals surface area contributed by atoms with Crippen LogP contribution in [0.2, 0.25) is 0 Å². The highest BCUT2D eigenvalue weighted by molar-refractivity contribution is 6.46. The molecule has 3 aromatic rings. The molecule has 0 unspecified atom stereocenters. The van der Waals surface area contributed by atoms with Gasteiger partial charge < -0.3 is 28.6 Å². The molecule has 35 heavy (non-hydrogen) atoms. The van der Waals surface area contributed by atoms with Gasteiger partial charge in [-0.3, -0.25) is 9.59 Å². The summed E-state index contributed by atoms with van der Waals surface area (Å²) < 4.78 is 22.0. The predicted molar refractivity (Wildman–Crippen MR) is 126 cm³/mol. The summed E-state index contributed by atoms with van der Waals surface area (Å²) in [5.41, 5.74) is 1.98. The van der Waals surface area contributed by atoms with Crippen molar-refractivity contribution in [1.29, 1.82) is 0 Å². The summed E-state index contributed by atoms with van der Waals surface area (Å²) in [6, 6.07) is 13.0. The quantitative estimate of drug-likeness (QED) is 0.323. The smallest absolute Gasteiger partial charge is 0.296 e. The van der Waals surface area contributed by atoms with E-state index in [9.17, 15) is 14.7 Å². The van der Waals surface area contributed by atoms with Crippen LogP contribution in [0, 0.1) is 0 Å². The molecule has 5 rings (SSSR count).